The van der Waals surface area contributed by atoms with Crippen molar-refractivity contribution in [1.29, 1.82) is 0 Å². The van der Waals surface area contributed by atoms with Gasteiger partial charge in [0.25, 0.3) is 0 Å². The molecule has 0 radical (unpaired) electrons. The first-order valence-electron chi connectivity index (χ1n) is 12.4. The topological polar surface area (TPSA) is 111 Å². The lowest BCUT2D eigenvalue weighted by Crippen LogP contribution is -2.53. The Labute approximate surface area is 196 Å². The third kappa shape index (κ3) is 5.41. The molecule has 0 bridgehead atoms. The Balaban J connectivity index is 1.84. The summed E-state index contributed by atoms with van der Waals surface area (Å²) in [5.74, 6) is -2.12. The number of carbonyl (C=O) groups is 3. The van der Waals surface area contributed by atoms with Gasteiger partial charge in [-0.25, -0.2) is 0 Å². The largest absolute Gasteiger partial charge is 0.394 e. The number of aliphatic hydroxyl groups is 1. The van der Waals surface area contributed by atoms with Gasteiger partial charge in [-0.3, -0.25) is 19.3 Å². The Hall–Kier alpha value is -1.97. The Morgan fingerprint density at radius 3 is 2.55 bits per heavy atom. The van der Waals surface area contributed by atoms with Crippen LogP contribution in [0.1, 0.15) is 33.1 Å². The van der Waals surface area contributed by atoms with E-state index in [4.69, 9.17) is 4.74 Å². The number of aliphatic hydroxyl groups excluding tert-OH is 1. The molecular formula is C24H40N4O5. The Kier molecular flexibility index (Phi) is 9.28. The summed E-state index contributed by atoms with van der Waals surface area (Å²) in [6.45, 7) is 8.01. The van der Waals surface area contributed by atoms with Crippen LogP contribution in [0.5, 0.6) is 0 Å². The van der Waals surface area contributed by atoms with Gasteiger partial charge in [0, 0.05) is 39.1 Å². The van der Waals surface area contributed by atoms with Gasteiger partial charge in [-0.1, -0.05) is 32.4 Å². The van der Waals surface area contributed by atoms with Gasteiger partial charge in [0.15, 0.2) is 0 Å². The maximum absolute atomic E-state index is 13.7. The van der Waals surface area contributed by atoms with Gasteiger partial charge in [-0.15, -0.1) is 0 Å². The zero-order chi connectivity index (χ0) is 24.0. The first kappa shape index (κ1) is 25.6. The van der Waals surface area contributed by atoms with Crippen molar-refractivity contribution in [2.75, 3.05) is 53.0 Å². The van der Waals surface area contributed by atoms with Crippen LogP contribution in [-0.4, -0.2) is 97.8 Å². The molecule has 9 nitrogen and oxygen atoms in total. The number of fused-ring (bicyclic) bond motifs is 1. The van der Waals surface area contributed by atoms with Gasteiger partial charge >= 0.3 is 0 Å². The molecule has 9 heteroatoms. The number of rotatable bonds is 10. The molecule has 2 fully saturated rings. The minimum absolute atomic E-state index is 0.0423. The summed E-state index contributed by atoms with van der Waals surface area (Å²) in [6.07, 6.45) is 6.23. The molecule has 0 aromatic heterocycles. The van der Waals surface area contributed by atoms with Crippen molar-refractivity contribution in [3.63, 3.8) is 0 Å². The number of carbonyl (C=O) groups excluding carboxylic acids is 3. The number of amides is 3. The fourth-order valence-corrected chi connectivity index (χ4v) is 5.65. The fourth-order valence-electron chi connectivity index (χ4n) is 5.65. The Morgan fingerprint density at radius 2 is 1.94 bits per heavy atom. The Bertz CT molecular complexity index is 720. The molecule has 2 aliphatic heterocycles. The van der Waals surface area contributed by atoms with E-state index in [1.807, 2.05) is 19.1 Å². The molecule has 0 aromatic carbocycles. The molecule has 3 N–H and O–H groups in total. The Morgan fingerprint density at radius 1 is 1.21 bits per heavy atom. The lowest BCUT2D eigenvalue weighted by Gasteiger charge is -2.34. The summed E-state index contributed by atoms with van der Waals surface area (Å²) in [7, 11) is 1.59. The maximum atomic E-state index is 13.7. The van der Waals surface area contributed by atoms with Crippen LogP contribution >= 0.6 is 0 Å². The number of likely N-dealkylation sites (tertiary alicyclic amines) is 1. The molecule has 0 spiro atoms. The van der Waals surface area contributed by atoms with Crippen molar-refractivity contribution in [3.8, 4) is 0 Å². The lowest BCUT2D eigenvalue weighted by atomic mass is 9.68. The zero-order valence-corrected chi connectivity index (χ0v) is 20.2. The molecular weight excluding hydrogens is 424 g/mol. The second kappa shape index (κ2) is 11.9. The summed E-state index contributed by atoms with van der Waals surface area (Å²) in [5, 5.41) is 15.8. The summed E-state index contributed by atoms with van der Waals surface area (Å²) in [4.78, 5) is 43.8. The highest BCUT2D eigenvalue weighted by atomic mass is 16.5. The standard InChI is InChI=1S/C24H40N4O5/c1-4-6-16-7-8-18-20(19(16)22(30)25-3)24(32)28(17(5-2)15-29)21(18)23(31)26-9-10-27-11-13-33-14-12-27/h7-8,16-21,29H,4-6,9-15H2,1-3H3,(H,25,30)(H,26,31)/t16-,17+,18+,19-,20+,21+/m1/s1. The second-order valence-electron chi connectivity index (χ2n) is 9.26. The van der Waals surface area contributed by atoms with Gasteiger partial charge in [0.2, 0.25) is 17.7 Å². The zero-order valence-electron chi connectivity index (χ0n) is 20.2. The average molecular weight is 465 g/mol. The minimum Gasteiger partial charge on any atom is -0.394 e. The number of allylic oxidation sites excluding steroid dienone is 1. The smallest absolute Gasteiger partial charge is 0.243 e. The molecule has 1 aliphatic carbocycles. The number of nitrogens with zero attached hydrogens (tertiary/aromatic N) is 2. The van der Waals surface area contributed by atoms with Crippen molar-refractivity contribution >= 4 is 17.7 Å². The average Bonchev–Trinajstić information content (AvgIpc) is 3.12. The SMILES string of the molecule is CCC[C@@H]1C=C[C@H]2[C@H](C(=O)N([C@@H](CC)CO)[C@@H]2C(=O)NCCN2CCOCC2)[C@@H]1C(=O)NC. The summed E-state index contributed by atoms with van der Waals surface area (Å²) in [5.41, 5.74) is 0. The first-order valence-corrected chi connectivity index (χ1v) is 12.4. The van der Waals surface area contributed by atoms with Crippen LogP contribution in [0.3, 0.4) is 0 Å². The van der Waals surface area contributed by atoms with Crippen LogP contribution in [0.2, 0.25) is 0 Å². The predicted molar refractivity (Wildman–Crippen MR) is 124 cm³/mol. The molecule has 3 rings (SSSR count). The summed E-state index contributed by atoms with van der Waals surface area (Å²) in [6, 6.07) is -1.18. The van der Waals surface area contributed by atoms with Gasteiger partial charge < -0.3 is 25.4 Å². The van der Waals surface area contributed by atoms with E-state index < -0.39 is 29.8 Å². The fraction of sp³-hybridized carbons (Fsp3) is 0.792. The van der Waals surface area contributed by atoms with E-state index in [9.17, 15) is 19.5 Å². The molecule has 2 heterocycles. The third-order valence-electron chi connectivity index (χ3n) is 7.39. The van der Waals surface area contributed by atoms with E-state index in [0.29, 0.717) is 26.2 Å². The number of hydrogen-bond acceptors (Lipinski definition) is 6. The highest BCUT2D eigenvalue weighted by Gasteiger charge is 2.58. The molecule has 3 amide bonds. The third-order valence-corrected chi connectivity index (χ3v) is 7.39. The molecule has 3 aliphatic rings. The first-order chi connectivity index (χ1) is 16.0. The number of morpholine rings is 1. The van der Waals surface area contributed by atoms with Crippen molar-refractivity contribution < 1.29 is 24.2 Å². The molecule has 0 saturated carbocycles. The highest BCUT2D eigenvalue weighted by molar-refractivity contribution is 5.97. The van der Waals surface area contributed by atoms with Crippen LogP contribution in [0.25, 0.3) is 0 Å². The minimum atomic E-state index is -0.727. The highest BCUT2D eigenvalue weighted by Crippen LogP contribution is 2.46. The van der Waals surface area contributed by atoms with E-state index >= 15 is 0 Å². The van der Waals surface area contributed by atoms with Crippen LogP contribution in [0.15, 0.2) is 12.2 Å². The monoisotopic (exact) mass is 464 g/mol. The second-order valence-corrected chi connectivity index (χ2v) is 9.26. The van der Waals surface area contributed by atoms with Crippen LogP contribution in [0.4, 0.5) is 0 Å². The van der Waals surface area contributed by atoms with E-state index in [0.717, 1.165) is 32.5 Å². The van der Waals surface area contributed by atoms with Gasteiger partial charge in [-0.05, 0) is 18.8 Å². The molecule has 0 aromatic rings. The summed E-state index contributed by atoms with van der Waals surface area (Å²) >= 11 is 0. The molecule has 33 heavy (non-hydrogen) atoms. The molecule has 0 unspecified atom stereocenters. The molecule has 186 valence electrons. The maximum Gasteiger partial charge on any atom is 0.243 e. The number of nitrogens with one attached hydrogen (secondary N) is 2. The van der Waals surface area contributed by atoms with Crippen LogP contribution < -0.4 is 10.6 Å². The van der Waals surface area contributed by atoms with Crippen molar-refractivity contribution in [2.45, 2.75) is 45.2 Å². The molecule has 6 atom stereocenters. The normalized spacial score (nSPS) is 30.7. The number of hydrogen-bond donors (Lipinski definition) is 3. The van der Waals surface area contributed by atoms with Crippen LogP contribution in [0, 0.1) is 23.7 Å². The van der Waals surface area contributed by atoms with Gasteiger partial charge in [0.1, 0.15) is 6.04 Å². The van der Waals surface area contributed by atoms with Crippen molar-refractivity contribution in [3.05, 3.63) is 12.2 Å². The molecule has 2 saturated heterocycles. The van der Waals surface area contributed by atoms with E-state index in [1.165, 1.54) is 0 Å². The van der Waals surface area contributed by atoms with E-state index in [-0.39, 0.29) is 30.2 Å². The quantitative estimate of drug-likeness (QED) is 0.393. The lowest BCUT2D eigenvalue weighted by molar-refractivity contribution is -0.143. The summed E-state index contributed by atoms with van der Waals surface area (Å²) < 4.78 is 5.37. The van der Waals surface area contributed by atoms with Crippen molar-refractivity contribution in [2.24, 2.45) is 23.7 Å². The van der Waals surface area contributed by atoms with Gasteiger partial charge in [0.05, 0.1) is 37.7 Å². The van der Waals surface area contributed by atoms with Gasteiger partial charge in [-0.2, -0.15) is 0 Å². The van der Waals surface area contributed by atoms with Crippen LogP contribution in [-0.2, 0) is 19.1 Å². The van der Waals surface area contributed by atoms with Crippen molar-refractivity contribution in [1.82, 2.24) is 20.4 Å². The van der Waals surface area contributed by atoms with E-state index in [1.54, 1.807) is 11.9 Å². The number of ether oxygens (including phenoxy) is 1. The predicted octanol–water partition coefficient (Wildman–Crippen LogP) is -0.00280. The van der Waals surface area contributed by atoms with E-state index in [2.05, 4.69) is 22.5 Å².